The Balaban J connectivity index is 1.67. The average molecular weight is 604 g/mol. The van der Waals surface area contributed by atoms with Gasteiger partial charge in [-0.25, -0.2) is 4.99 Å². The fourth-order valence-corrected chi connectivity index (χ4v) is 6.37. The lowest BCUT2D eigenvalue weighted by molar-refractivity contribution is -0.113. The molecule has 0 saturated carbocycles. The van der Waals surface area contributed by atoms with Gasteiger partial charge in [0.25, 0.3) is 11.5 Å². The van der Waals surface area contributed by atoms with Gasteiger partial charge in [-0.2, -0.15) is 0 Å². The molecule has 1 amide bonds. The Morgan fingerprint density at radius 3 is 2.38 bits per heavy atom. The van der Waals surface area contributed by atoms with Gasteiger partial charge in [-0.05, 0) is 73.9 Å². The van der Waals surface area contributed by atoms with E-state index < -0.39 is 6.04 Å². The van der Waals surface area contributed by atoms with Crippen molar-refractivity contribution in [1.29, 1.82) is 0 Å². The lowest BCUT2D eigenvalue weighted by atomic mass is 9.95. The van der Waals surface area contributed by atoms with Crippen molar-refractivity contribution in [2.45, 2.75) is 26.8 Å². The van der Waals surface area contributed by atoms with Gasteiger partial charge in [0, 0.05) is 5.69 Å². The third-order valence-electron chi connectivity index (χ3n) is 7.08. The van der Waals surface area contributed by atoms with Gasteiger partial charge in [0.05, 0.1) is 48.2 Å². The smallest absolute Gasteiger partial charge is 0.271 e. The van der Waals surface area contributed by atoms with Crippen LogP contribution in [0.5, 0.6) is 17.2 Å². The molecular formula is C32H30ClN3O5S. The lowest BCUT2D eigenvalue weighted by Crippen LogP contribution is -2.40. The Labute approximate surface area is 252 Å². The van der Waals surface area contributed by atoms with Crippen LogP contribution in [0.4, 0.5) is 5.69 Å². The number of anilines is 1. The van der Waals surface area contributed by atoms with E-state index in [1.54, 1.807) is 36.8 Å². The molecule has 0 aliphatic carbocycles. The van der Waals surface area contributed by atoms with Gasteiger partial charge in [-0.15, -0.1) is 0 Å². The number of halogens is 1. The highest BCUT2D eigenvalue weighted by molar-refractivity contribution is 7.07. The molecule has 0 spiro atoms. The van der Waals surface area contributed by atoms with E-state index in [-0.39, 0.29) is 11.5 Å². The van der Waals surface area contributed by atoms with Crippen molar-refractivity contribution in [2.75, 3.05) is 26.6 Å². The van der Waals surface area contributed by atoms with Crippen molar-refractivity contribution in [3.8, 4) is 17.2 Å². The molecule has 8 nitrogen and oxygen atoms in total. The summed E-state index contributed by atoms with van der Waals surface area (Å²) >= 11 is 7.66. The van der Waals surface area contributed by atoms with Crippen molar-refractivity contribution < 1.29 is 19.0 Å². The molecule has 4 aromatic rings. The molecule has 1 N–H and O–H groups in total. The third kappa shape index (κ3) is 5.45. The number of rotatable bonds is 7. The summed E-state index contributed by atoms with van der Waals surface area (Å²) in [4.78, 5) is 33.1. The molecule has 0 bridgehead atoms. The molecule has 0 saturated heterocycles. The molecular weight excluding hydrogens is 574 g/mol. The monoisotopic (exact) mass is 603 g/mol. The normalized spacial score (nSPS) is 14.7. The van der Waals surface area contributed by atoms with E-state index in [0.717, 1.165) is 16.7 Å². The molecule has 0 radical (unpaired) electrons. The fraction of sp³-hybridized carbons (Fsp3) is 0.219. The number of hydrogen-bond donors (Lipinski definition) is 1. The molecule has 1 aromatic heterocycles. The van der Waals surface area contributed by atoms with E-state index in [2.05, 4.69) is 5.32 Å². The second-order valence-electron chi connectivity index (χ2n) is 9.87. The Hall–Kier alpha value is -4.34. The number of allylic oxidation sites excluding steroid dienone is 1. The quantitative estimate of drug-likeness (QED) is 0.315. The summed E-state index contributed by atoms with van der Waals surface area (Å²) in [7, 11) is 4.62. The van der Waals surface area contributed by atoms with Crippen LogP contribution in [0, 0.1) is 13.8 Å². The summed E-state index contributed by atoms with van der Waals surface area (Å²) in [5.41, 5.74) is 4.77. The molecule has 42 heavy (non-hydrogen) atoms. The first-order chi connectivity index (χ1) is 20.1. The van der Waals surface area contributed by atoms with Gasteiger partial charge in [-0.3, -0.25) is 14.2 Å². The van der Waals surface area contributed by atoms with Crippen molar-refractivity contribution in [3.05, 3.63) is 113 Å². The van der Waals surface area contributed by atoms with Crippen LogP contribution < -0.4 is 34.4 Å². The van der Waals surface area contributed by atoms with Crippen LogP contribution in [-0.4, -0.2) is 31.8 Å². The van der Waals surface area contributed by atoms with E-state index in [1.807, 2.05) is 56.3 Å². The summed E-state index contributed by atoms with van der Waals surface area (Å²) in [5.74, 6) is 1.19. The summed E-state index contributed by atoms with van der Waals surface area (Å²) in [6.45, 7) is 5.73. The largest absolute Gasteiger partial charge is 0.497 e. The highest BCUT2D eigenvalue weighted by Crippen LogP contribution is 2.36. The number of hydrogen-bond acceptors (Lipinski definition) is 7. The van der Waals surface area contributed by atoms with Gasteiger partial charge in [0.15, 0.2) is 16.3 Å². The predicted molar refractivity (Wildman–Crippen MR) is 166 cm³/mol. The van der Waals surface area contributed by atoms with E-state index in [0.29, 0.717) is 54.1 Å². The van der Waals surface area contributed by atoms with Crippen molar-refractivity contribution in [2.24, 2.45) is 4.99 Å². The predicted octanol–water partition coefficient (Wildman–Crippen LogP) is 5.17. The van der Waals surface area contributed by atoms with Crippen LogP contribution >= 0.6 is 22.9 Å². The Bertz CT molecular complexity index is 1910. The van der Waals surface area contributed by atoms with Crippen LogP contribution in [0.25, 0.3) is 6.08 Å². The second kappa shape index (κ2) is 11.9. The molecule has 216 valence electrons. The first-order valence-corrected chi connectivity index (χ1v) is 14.3. The molecule has 5 rings (SSSR count). The standard InChI is InChI=1S/C32H30ClN3O5S/c1-17-7-12-24(18(2)13-17)35-30(37)27-19(3)34-32-36(28(27)21-8-10-22(39-4)11-9-21)31(38)26(42-32)16-20-14-23(33)29(41-6)25(15-20)40-5/h7-16,28H,1-6H3,(H,35,37)/b26-16+/t28-/m1/s1. The summed E-state index contributed by atoms with van der Waals surface area (Å²) < 4.78 is 18.1. The summed E-state index contributed by atoms with van der Waals surface area (Å²) in [5, 5.41) is 3.40. The van der Waals surface area contributed by atoms with Crippen LogP contribution in [0.1, 0.15) is 35.2 Å². The van der Waals surface area contributed by atoms with E-state index in [1.165, 1.54) is 25.6 Å². The van der Waals surface area contributed by atoms with Crippen LogP contribution in [0.15, 0.2) is 75.7 Å². The molecule has 10 heteroatoms. The molecule has 2 heterocycles. The maximum absolute atomic E-state index is 14.0. The molecule has 0 fully saturated rings. The van der Waals surface area contributed by atoms with Gasteiger partial charge >= 0.3 is 0 Å². The minimum absolute atomic E-state index is 0.283. The molecule has 1 atom stereocenters. The number of nitrogens with one attached hydrogen (secondary N) is 1. The zero-order valence-corrected chi connectivity index (χ0v) is 25.6. The Morgan fingerprint density at radius 1 is 1.00 bits per heavy atom. The number of fused-ring (bicyclic) bond motifs is 1. The third-order valence-corrected chi connectivity index (χ3v) is 8.35. The first kappa shape index (κ1) is 29.2. The Morgan fingerprint density at radius 2 is 1.74 bits per heavy atom. The SMILES string of the molecule is COc1ccc([C@@H]2C(C(=O)Nc3ccc(C)cc3C)=C(C)N=c3s/c(=C/c4cc(Cl)c(OC)c(OC)c4)c(=O)n32)cc1. The van der Waals surface area contributed by atoms with Crippen LogP contribution in [0.3, 0.4) is 0 Å². The van der Waals surface area contributed by atoms with Crippen LogP contribution in [0.2, 0.25) is 5.02 Å². The maximum atomic E-state index is 14.0. The molecule has 0 unspecified atom stereocenters. The highest BCUT2D eigenvalue weighted by Gasteiger charge is 2.32. The van der Waals surface area contributed by atoms with Crippen molar-refractivity contribution in [1.82, 2.24) is 4.57 Å². The average Bonchev–Trinajstić information content (AvgIpc) is 3.27. The van der Waals surface area contributed by atoms with Gasteiger partial charge in [-0.1, -0.05) is 52.8 Å². The molecule has 3 aromatic carbocycles. The van der Waals surface area contributed by atoms with Crippen molar-refractivity contribution in [3.63, 3.8) is 0 Å². The topological polar surface area (TPSA) is 91.2 Å². The number of amides is 1. The number of methoxy groups -OCH3 is 3. The molecule has 1 aliphatic rings. The number of carbonyl (C=O) groups excluding carboxylic acids is 1. The van der Waals surface area contributed by atoms with Crippen LogP contribution in [-0.2, 0) is 4.79 Å². The summed E-state index contributed by atoms with van der Waals surface area (Å²) in [6, 6.07) is 15.9. The number of benzene rings is 3. The number of nitrogens with zero attached hydrogens (tertiary/aromatic N) is 2. The van der Waals surface area contributed by atoms with E-state index in [4.69, 9.17) is 30.8 Å². The number of aryl methyl sites for hydroxylation is 2. The van der Waals surface area contributed by atoms with E-state index >= 15 is 0 Å². The first-order valence-electron chi connectivity index (χ1n) is 13.1. The van der Waals surface area contributed by atoms with Gasteiger partial charge in [0.2, 0.25) is 0 Å². The molecule has 1 aliphatic heterocycles. The lowest BCUT2D eigenvalue weighted by Gasteiger charge is -2.25. The maximum Gasteiger partial charge on any atom is 0.271 e. The number of aromatic nitrogens is 1. The number of ether oxygens (including phenoxy) is 3. The zero-order chi connectivity index (χ0) is 30.1. The van der Waals surface area contributed by atoms with Gasteiger partial charge < -0.3 is 19.5 Å². The van der Waals surface area contributed by atoms with Gasteiger partial charge in [0.1, 0.15) is 5.75 Å². The fourth-order valence-electron chi connectivity index (χ4n) is 5.03. The summed E-state index contributed by atoms with van der Waals surface area (Å²) in [6.07, 6.45) is 1.73. The second-order valence-corrected chi connectivity index (χ2v) is 11.3. The zero-order valence-electron chi connectivity index (χ0n) is 24.1. The van der Waals surface area contributed by atoms with Crippen molar-refractivity contribution >= 4 is 40.6 Å². The highest BCUT2D eigenvalue weighted by atomic mass is 35.5. The van der Waals surface area contributed by atoms with E-state index in [9.17, 15) is 9.59 Å². The minimum atomic E-state index is -0.714. The Kier molecular flexibility index (Phi) is 8.24. The number of carbonyl (C=O) groups is 1. The number of thiazole rings is 1. The minimum Gasteiger partial charge on any atom is -0.497 e.